The molecule has 0 aliphatic heterocycles. The first-order valence-corrected chi connectivity index (χ1v) is 7.99. The SMILES string of the molecule is CNc1snc(C)c1C(=O)OC(C)C(=O)Nc1cccc(Cl)c1. The Labute approximate surface area is 143 Å². The number of carbonyl (C=O) groups is 2. The summed E-state index contributed by atoms with van der Waals surface area (Å²) in [5.74, 6) is -1.03. The van der Waals surface area contributed by atoms with E-state index < -0.39 is 18.0 Å². The van der Waals surface area contributed by atoms with Crippen molar-refractivity contribution in [3.05, 3.63) is 40.5 Å². The Bertz CT molecular complexity index is 733. The Hall–Kier alpha value is -2.12. The lowest BCUT2D eigenvalue weighted by atomic mass is 10.2. The van der Waals surface area contributed by atoms with Crippen molar-refractivity contribution in [2.24, 2.45) is 0 Å². The van der Waals surface area contributed by atoms with Crippen LogP contribution in [-0.2, 0) is 9.53 Å². The van der Waals surface area contributed by atoms with Gasteiger partial charge in [-0.1, -0.05) is 17.7 Å². The number of anilines is 2. The number of amides is 1. The Balaban J connectivity index is 2.03. The molecule has 2 N–H and O–H groups in total. The Morgan fingerprint density at radius 1 is 1.39 bits per heavy atom. The summed E-state index contributed by atoms with van der Waals surface area (Å²) in [7, 11) is 1.69. The number of hydrogen-bond donors (Lipinski definition) is 2. The first-order valence-electron chi connectivity index (χ1n) is 6.83. The van der Waals surface area contributed by atoms with E-state index in [9.17, 15) is 9.59 Å². The fourth-order valence-electron chi connectivity index (χ4n) is 1.86. The van der Waals surface area contributed by atoms with Gasteiger partial charge in [-0.2, -0.15) is 4.37 Å². The number of rotatable bonds is 5. The largest absolute Gasteiger partial charge is 0.449 e. The van der Waals surface area contributed by atoms with Crippen molar-refractivity contribution in [1.82, 2.24) is 4.37 Å². The van der Waals surface area contributed by atoms with Crippen molar-refractivity contribution in [2.75, 3.05) is 17.7 Å². The topological polar surface area (TPSA) is 80.3 Å². The Kier molecular flexibility index (Phi) is 5.57. The van der Waals surface area contributed by atoms with Crippen molar-refractivity contribution < 1.29 is 14.3 Å². The third-order valence-corrected chi connectivity index (χ3v) is 4.23. The predicted octanol–water partition coefficient (Wildman–Crippen LogP) is 3.33. The number of nitrogens with zero attached hydrogens (tertiary/aromatic N) is 1. The summed E-state index contributed by atoms with van der Waals surface area (Å²) in [5, 5.41) is 6.65. The van der Waals surface area contributed by atoms with Gasteiger partial charge in [-0.15, -0.1) is 0 Å². The summed E-state index contributed by atoms with van der Waals surface area (Å²) in [6.07, 6.45) is -0.953. The summed E-state index contributed by atoms with van der Waals surface area (Å²) in [4.78, 5) is 24.3. The Morgan fingerprint density at radius 2 is 2.13 bits per heavy atom. The maximum atomic E-state index is 12.2. The van der Waals surface area contributed by atoms with E-state index in [0.29, 0.717) is 27.0 Å². The number of benzene rings is 1. The lowest BCUT2D eigenvalue weighted by Crippen LogP contribution is -2.30. The molecule has 2 rings (SSSR count). The van der Waals surface area contributed by atoms with Crippen LogP contribution in [0.25, 0.3) is 0 Å². The molecule has 0 aliphatic carbocycles. The van der Waals surface area contributed by atoms with E-state index in [1.807, 2.05) is 0 Å². The molecule has 0 saturated heterocycles. The number of carbonyl (C=O) groups excluding carboxylic acids is 2. The van der Waals surface area contributed by atoms with Gasteiger partial charge in [0.05, 0.1) is 5.69 Å². The van der Waals surface area contributed by atoms with Gasteiger partial charge in [0.1, 0.15) is 10.6 Å². The fraction of sp³-hybridized carbons (Fsp3) is 0.267. The average Bonchev–Trinajstić information content (AvgIpc) is 2.88. The predicted molar refractivity (Wildman–Crippen MR) is 91.4 cm³/mol. The molecule has 1 aromatic heterocycles. The number of aromatic nitrogens is 1. The molecule has 8 heteroatoms. The highest BCUT2D eigenvalue weighted by Gasteiger charge is 2.24. The normalized spacial score (nSPS) is 11.7. The molecule has 1 unspecified atom stereocenters. The minimum atomic E-state index is -0.953. The van der Waals surface area contributed by atoms with Crippen LogP contribution in [-0.4, -0.2) is 29.4 Å². The van der Waals surface area contributed by atoms with Gasteiger partial charge in [0.25, 0.3) is 5.91 Å². The minimum Gasteiger partial charge on any atom is -0.449 e. The van der Waals surface area contributed by atoms with Crippen LogP contribution in [0, 0.1) is 6.92 Å². The first-order chi connectivity index (χ1) is 10.9. The van der Waals surface area contributed by atoms with E-state index in [-0.39, 0.29) is 0 Å². The molecular formula is C15H16ClN3O3S. The molecule has 0 bridgehead atoms. The van der Waals surface area contributed by atoms with Gasteiger partial charge in [0, 0.05) is 17.8 Å². The second-order valence-corrected chi connectivity index (χ2v) is 5.98. The maximum Gasteiger partial charge on any atom is 0.343 e. The second-order valence-electron chi connectivity index (χ2n) is 4.77. The summed E-state index contributed by atoms with van der Waals surface area (Å²) < 4.78 is 9.33. The van der Waals surface area contributed by atoms with Gasteiger partial charge in [0.15, 0.2) is 6.10 Å². The van der Waals surface area contributed by atoms with Gasteiger partial charge in [-0.3, -0.25) is 4.79 Å². The van der Waals surface area contributed by atoms with Crippen molar-refractivity contribution in [3.63, 3.8) is 0 Å². The molecule has 0 fully saturated rings. The van der Waals surface area contributed by atoms with Crippen LogP contribution in [0.2, 0.25) is 5.02 Å². The zero-order valence-electron chi connectivity index (χ0n) is 12.8. The van der Waals surface area contributed by atoms with E-state index in [2.05, 4.69) is 15.0 Å². The van der Waals surface area contributed by atoms with Crippen molar-refractivity contribution in [2.45, 2.75) is 20.0 Å². The third-order valence-electron chi connectivity index (χ3n) is 3.04. The van der Waals surface area contributed by atoms with Gasteiger partial charge in [0.2, 0.25) is 0 Å². The molecule has 1 atom stereocenters. The fourth-order valence-corrected chi connectivity index (χ4v) is 2.79. The zero-order valence-corrected chi connectivity index (χ0v) is 14.4. The van der Waals surface area contributed by atoms with E-state index in [4.69, 9.17) is 16.3 Å². The maximum absolute atomic E-state index is 12.2. The monoisotopic (exact) mass is 353 g/mol. The quantitative estimate of drug-likeness (QED) is 0.806. The van der Waals surface area contributed by atoms with Crippen LogP contribution in [0.3, 0.4) is 0 Å². The number of hydrogen-bond acceptors (Lipinski definition) is 6. The standard InChI is InChI=1S/C15H16ClN3O3S/c1-8-12(14(17-3)23-19-8)15(21)22-9(2)13(20)18-11-6-4-5-10(16)7-11/h4-7,9,17H,1-3H3,(H,18,20). The van der Waals surface area contributed by atoms with Crippen molar-refractivity contribution >= 4 is 45.7 Å². The minimum absolute atomic E-state index is 0.347. The van der Waals surface area contributed by atoms with Crippen molar-refractivity contribution in [1.29, 1.82) is 0 Å². The van der Waals surface area contributed by atoms with Crippen LogP contribution in [0.15, 0.2) is 24.3 Å². The van der Waals surface area contributed by atoms with Gasteiger partial charge in [-0.05, 0) is 43.6 Å². The first kappa shape index (κ1) is 17.2. The smallest absolute Gasteiger partial charge is 0.343 e. The van der Waals surface area contributed by atoms with Crippen LogP contribution in [0.5, 0.6) is 0 Å². The summed E-state index contributed by atoms with van der Waals surface area (Å²) >= 11 is 7.03. The Morgan fingerprint density at radius 3 is 2.78 bits per heavy atom. The molecule has 0 spiro atoms. The molecule has 122 valence electrons. The number of ether oxygens (including phenoxy) is 1. The molecule has 2 aromatic rings. The molecule has 1 amide bonds. The van der Waals surface area contributed by atoms with Crippen LogP contribution >= 0.6 is 23.1 Å². The second kappa shape index (κ2) is 7.43. The summed E-state index contributed by atoms with van der Waals surface area (Å²) in [5.41, 5.74) is 1.45. The molecule has 0 saturated carbocycles. The molecule has 1 aromatic carbocycles. The lowest BCUT2D eigenvalue weighted by Gasteiger charge is -2.14. The van der Waals surface area contributed by atoms with E-state index >= 15 is 0 Å². The number of aryl methyl sites for hydroxylation is 1. The highest BCUT2D eigenvalue weighted by atomic mass is 35.5. The molecule has 1 heterocycles. The zero-order chi connectivity index (χ0) is 17.0. The van der Waals surface area contributed by atoms with Crippen LogP contribution in [0.4, 0.5) is 10.7 Å². The number of halogens is 1. The average molecular weight is 354 g/mol. The number of esters is 1. The molecule has 23 heavy (non-hydrogen) atoms. The molecule has 0 aliphatic rings. The molecule has 6 nitrogen and oxygen atoms in total. The van der Waals surface area contributed by atoms with E-state index in [0.717, 1.165) is 0 Å². The van der Waals surface area contributed by atoms with Gasteiger partial charge in [-0.25, -0.2) is 4.79 Å². The van der Waals surface area contributed by atoms with Crippen LogP contribution in [0.1, 0.15) is 23.0 Å². The van der Waals surface area contributed by atoms with Gasteiger partial charge >= 0.3 is 5.97 Å². The van der Waals surface area contributed by atoms with Crippen LogP contribution < -0.4 is 10.6 Å². The summed E-state index contributed by atoms with van der Waals surface area (Å²) in [6.45, 7) is 3.22. The lowest BCUT2D eigenvalue weighted by molar-refractivity contribution is -0.123. The van der Waals surface area contributed by atoms with Gasteiger partial charge < -0.3 is 15.4 Å². The molecule has 0 radical (unpaired) electrons. The molecular weight excluding hydrogens is 338 g/mol. The van der Waals surface area contributed by atoms with E-state index in [1.165, 1.54) is 18.5 Å². The van der Waals surface area contributed by atoms with Crippen molar-refractivity contribution in [3.8, 4) is 0 Å². The number of nitrogens with one attached hydrogen (secondary N) is 2. The summed E-state index contributed by atoms with van der Waals surface area (Å²) in [6, 6.07) is 6.73. The van der Waals surface area contributed by atoms with E-state index in [1.54, 1.807) is 38.2 Å². The highest BCUT2D eigenvalue weighted by Crippen LogP contribution is 2.25. The highest BCUT2D eigenvalue weighted by molar-refractivity contribution is 7.10. The third kappa shape index (κ3) is 4.20.